The highest BCUT2D eigenvalue weighted by molar-refractivity contribution is 5.69. The number of carbonyl (C=O) groups is 1. The molecule has 0 aromatic rings. The Balaban J connectivity index is 3.41. The fraction of sp³-hybridized carbons (Fsp3) is 0.769. The maximum atomic E-state index is 11.0. The van der Waals surface area contributed by atoms with Crippen LogP contribution in [0.1, 0.15) is 52.9 Å². The third kappa shape index (κ3) is 9.51. The summed E-state index contributed by atoms with van der Waals surface area (Å²) in [7, 11) is 0. The zero-order chi connectivity index (χ0) is 11.5. The summed E-state index contributed by atoms with van der Waals surface area (Å²) in [4.78, 5) is 11.0. The molecule has 0 heterocycles. The first-order valence-electron chi connectivity index (χ1n) is 6.03. The lowest BCUT2D eigenvalue weighted by Crippen LogP contribution is -2.02. The molecule has 0 saturated heterocycles. The molecular weight excluding hydrogens is 188 g/mol. The van der Waals surface area contributed by atoms with E-state index in [2.05, 4.69) is 26.0 Å². The fourth-order valence-electron chi connectivity index (χ4n) is 1.48. The first-order chi connectivity index (χ1) is 7.20. The lowest BCUT2D eigenvalue weighted by molar-refractivity contribution is -0.143. The van der Waals surface area contributed by atoms with Crippen LogP contribution in [-0.4, -0.2) is 12.6 Å². The van der Waals surface area contributed by atoms with Gasteiger partial charge in [0.25, 0.3) is 0 Å². The standard InChI is InChI=1S/C13H24O2/c1-4-9-12(3)10-7-6-8-11-13(14)15-5-2/h7,10,12H,4-6,8-9,11H2,1-3H3/b10-7+. The molecule has 0 aromatic heterocycles. The van der Waals surface area contributed by atoms with Crippen molar-refractivity contribution in [2.75, 3.05) is 6.61 Å². The second kappa shape index (κ2) is 9.75. The van der Waals surface area contributed by atoms with Gasteiger partial charge in [-0.05, 0) is 32.1 Å². The summed E-state index contributed by atoms with van der Waals surface area (Å²) in [5.74, 6) is 0.588. The van der Waals surface area contributed by atoms with Crippen LogP contribution in [0.25, 0.3) is 0 Å². The zero-order valence-corrected chi connectivity index (χ0v) is 10.3. The normalized spacial score (nSPS) is 13.0. The zero-order valence-electron chi connectivity index (χ0n) is 10.3. The van der Waals surface area contributed by atoms with Crippen molar-refractivity contribution >= 4 is 5.97 Å². The van der Waals surface area contributed by atoms with E-state index < -0.39 is 0 Å². The minimum atomic E-state index is -0.0764. The van der Waals surface area contributed by atoms with Crippen LogP contribution in [0.3, 0.4) is 0 Å². The van der Waals surface area contributed by atoms with Gasteiger partial charge in [-0.1, -0.05) is 32.4 Å². The summed E-state index contributed by atoms with van der Waals surface area (Å²) in [5.41, 5.74) is 0. The van der Waals surface area contributed by atoms with Gasteiger partial charge in [0.15, 0.2) is 0 Å². The van der Waals surface area contributed by atoms with Gasteiger partial charge < -0.3 is 4.74 Å². The summed E-state index contributed by atoms with van der Waals surface area (Å²) in [5, 5.41) is 0. The SMILES string of the molecule is CCCC(C)/C=C/CCCC(=O)OCC. The topological polar surface area (TPSA) is 26.3 Å². The monoisotopic (exact) mass is 212 g/mol. The van der Waals surface area contributed by atoms with Crippen molar-refractivity contribution in [3.63, 3.8) is 0 Å². The number of carbonyl (C=O) groups excluding carboxylic acids is 1. The van der Waals surface area contributed by atoms with E-state index >= 15 is 0 Å². The largest absolute Gasteiger partial charge is 0.466 e. The molecule has 2 heteroatoms. The molecule has 0 rings (SSSR count). The maximum Gasteiger partial charge on any atom is 0.305 e. The molecule has 0 aliphatic heterocycles. The lowest BCUT2D eigenvalue weighted by Gasteiger charge is -2.02. The van der Waals surface area contributed by atoms with Crippen LogP contribution in [-0.2, 0) is 9.53 Å². The number of allylic oxidation sites excluding steroid dienone is 2. The Bertz CT molecular complexity index is 185. The number of hydrogen-bond acceptors (Lipinski definition) is 2. The predicted molar refractivity (Wildman–Crippen MR) is 63.7 cm³/mol. The highest BCUT2D eigenvalue weighted by Gasteiger charge is 1.99. The smallest absolute Gasteiger partial charge is 0.305 e. The van der Waals surface area contributed by atoms with Crippen molar-refractivity contribution in [2.24, 2.45) is 5.92 Å². The Labute approximate surface area is 93.7 Å². The van der Waals surface area contributed by atoms with E-state index in [-0.39, 0.29) is 5.97 Å². The molecule has 2 nitrogen and oxygen atoms in total. The van der Waals surface area contributed by atoms with Crippen molar-refractivity contribution in [3.8, 4) is 0 Å². The van der Waals surface area contributed by atoms with Crippen molar-refractivity contribution < 1.29 is 9.53 Å². The summed E-state index contributed by atoms with van der Waals surface area (Å²) in [6.45, 7) is 6.75. The van der Waals surface area contributed by atoms with E-state index in [0.29, 0.717) is 18.9 Å². The number of esters is 1. The number of ether oxygens (including phenoxy) is 1. The van der Waals surface area contributed by atoms with Crippen LogP contribution in [0.15, 0.2) is 12.2 Å². The molecule has 0 aliphatic rings. The van der Waals surface area contributed by atoms with Gasteiger partial charge in [-0.2, -0.15) is 0 Å². The second-order valence-electron chi connectivity index (χ2n) is 3.89. The molecule has 0 N–H and O–H groups in total. The first-order valence-corrected chi connectivity index (χ1v) is 6.03. The number of unbranched alkanes of at least 4 members (excludes halogenated alkanes) is 1. The molecular formula is C13H24O2. The highest BCUT2D eigenvalue weighted by atomic mass is 16.5. The maximum absolute atomic E-state index is 11.0. The van der Waals surface area contributed by atoms with Crippen molar-refractivity contribution in [1.82, 2.24) is 0 Å². The van der Waals surface area contributed by atoms with E-state index in [1.165, 1.54) is 12.8 Å². The highest BCUT2D eigenvalue weighted by Crippen LogP contribution is 2.08. The van der Waals surface area contributed by atoms with Crippen molar-refractivity contribution in [3.05, 3.63) is 12.2 Å². The van der Waals surface area contributed by atoms with E-state index in [4.69, 9.17) is 4.74 Å². The molecule has 1 atom stereocenters. The second-order valence-corrected chi connectivity index (χ2v) is 3.89. The van der Waals surface area contributed by atoms with Crippen molar-refractivity contribution in [2.45, 2.75) is 52.9 Å². The molecule has 0 aliphatic carbocycles. The molecule has 0 spiro atoms. The third-order valence-corrected chi connectivity index (χ3v) is 2.27. The molecule has 88 valence electrons. The van der Waals surface area contributed by atoms with Gasteiger partial charge in [0.1, 0.15) is 0 Å². The molecule has 0 amide bonds. The number of hydrogen-bond donors (Lipinski definition) is 0. The Kier molecular flexibility index (Phi) is 9.24. The van der Waals surface area contributed by atoms with Crippen LogP contribution < -0.4 is 0 Å². The Morgan fingerprint density at radius 1 is 1.40 bits per heavy atom. The molecule has 1 unspecified atom stereocenters. The quantitative estimate of drug-likeness (QED) is 0.348. The van der Waals surface area contributed by atoms with E-state index in [9.17, 15) is 4.79 Å². The van der Waals surface area contributed by atoms with Gasteiger partial charge in [-0.25, -0.2) is 0 Å². The molecule has 0 radical (unpaired) electrons. The molecule has 0 saturated carbocycles. The molecule has 0 aromatic carbocycles. The van der Waals surface area contributed by atoms with Gasteiger partial charge in [-0.3, -0.25) is 4.79 Å². The van der Waals surface area contributed by atoms with Crippen LogP contribution >= 0.6 is 0 Å². The summed E-state index contributed by atoms with van der Waals surface area (Å²) in [6.07, 6.45) is 9.32. The third-order valence-electron chi connectivity index (χ3n) is 2.27. The van der Waals surface area contributed by atoms with Crippen LogP contribution in [0, 0.1) is 5.92 Å². The molecule has 15 heavy (non-hydrogen) atoms. The van der Waals surface area contributed by atoms with Gasteiger partial charge in [0.2, 0.25) is 0 Å². The average molecular weight is 212 g/mol. The van der Waals surface area contributed by atoms with Gasteiger partial charge in [0, 0.05) is 6.42 Å². The van der Waals surface area contributed by atoms with Gasteiger partial charge in [0.05, 0.1) is 6.61 Å². The Hall–Kier alpha value is -0.790. The summed E-state index contributed by atoms with van der Waals surface area (Å²) < 4.78 is 4.85. The fourth-order valence-corrected chi connectivity index (χ4v) is 1.48. The molecule has 0 bridgehead atoms. The predicted octanol–water partition coefficient (Wildman–Crippen LogP) is 3.71. The van der Waals surface area contributed by atoms with Gasteiger partial charge in [-0.15, -0.1) is 0 Å². The number of rotatable bonds is 8. The van der Waals surface area contributed by atoms with E-state index in [1.807, 2.05) is 6.92 Å². The van der Waals surface area contributed by atoms with Gasteiger partial charge >= 0.3 is 5.97 Å². The Morgan fingerprint density at radius 2 is 2.13 bits per heavy atom. The van der Waals surface area contributed by atoms with Crippen LogP contribution in [0.5, 0.6) is 0 Å². The minimum Gasteiger partial charge on any atom is -0.466 e. The first kappa shape index (κ1) is 14.2. The molecule has 0 fully saturated rings. The summed E-state index contributed by atoms with van der Waals surface area (Å²) in [6, 6.07) is 0. The Morgan fingerprint density at radius 3 is 2.73 bits per heavy atom. The van der Waals surface area contributed by atoms with E-state index in [1.54, 1.807) is 0 Å². The minimum absolute atomic E-state index is 0.0764. The average Bonchev–Trinajstić information content (AvgIpc) is 2.18. The van der Waals surface area contributed by atoms with Crippen molar-refractivity contribution in [1.29, 1.82) is 0 Å². The lowest BCUT2D eigenvalue weighted by atomic mass is 10.1. The van der Waals surface area contributed by atoms with Crippen LogP contribution in [0.2, 0.25) is 0 Å². The summed E-state index contributed by atoms with van der Waals surface area (Å²) >= 11 is 0. The van der Waals surface area contributed by atoms with E-state index in [0.717, 1.165) is 12.8 Å². The van der Waals surface area contributed by atoms with Crippen LogP contribution in [0.4, 0.5) is 0 Å².